The Morgan fingerprint density at radius 3 is 1.00 bits per heavy atom. The Hall–Kier alpha value is -3.30. The molecule has 0 aliphatic carbocycles. The quantitative estimate of drug-likeness (QED) is 0.155. The van der Waals surface area contributed by atoms with Crippen LogP contribution in [0.1, 0.15) is 22.8 Å². The maximum Gasteiger partial charge on any atom is 0.137 e. The molecule has 0 bridgehead atoms. The van der Waals surface area contributed by atoms with Crippen LogP contribution in [0.25, 0.3) is 9.75 Å². The highest BCUT2D eigenvalue weighted by Gasteiger charge is 2.01. The molecule has 0 spiro atoms. The molecule has 38 heavy (non-hydrogen) atoms. The number of nitrogens with zero attached hydrogens (tertiary/aromatic N) is 2. The van der Waals surface area contributed by atoms with Crippen molar-refractivity contribution in [1.82, 2.24) is 9.97 Å². The molecule has 6 nitrogen and oxygen atoms in total. The van der Waals surface area contributed by atoms with E-state index in [9.17, 15) is 0 Å². The van der Waals surface area contributed by atoms with Gasteiger partial charge in [-0.3, -0.25) is 9.97 Å². The van der Waals surface area contributed by atoms with Crippen molar-refractivity contribution in [3.05, 3.63) is 104 Å². The molecule has 4 N–H and O–H groups in total. The van der Waals surface area contributed by atoms with Gasteiger partial charge in [0.25, 0.3) is 0 Å². The Morgan fingerprint density at radius 2 is 0.789 bits per heavy atom. The van der Waals surface area contributed by atoms with Gasteiger partial charge in [-0.1, -0.05) is 47.5 Å². The lowest BCUT2D eigenvalue weighted by molar-refractivity contribution is 0.450. The lowest BCUT2D eigenvalue weighted by atomic mass is 10.3. The molecule has 3 heterocycles. The molecule has 0 atom stereocenters. The topological polar surface area (TPSA) is 107 Å². The van der Waals surface area contributed by atoms with E-state index in [1.807, 2.05) is 27.7 Å². The summed E-state index contributed by atoms with van der Waals surface area (Å²) in [5, 5.41) is 39.4. The fourth-order valence-electron chi connectivity index (χ4n) is 2.68. The van der Waals surface area contributed by atoms with Crippen LogP contribution in [-0.2, 0) is 0 Å². The van der Waals surface area contributed by atoms with Crippen molar-refractivity contribution in [2.75, 3.05) is 0 Å². The van der Waals surface area contributed by atoms with E-state index in [4.69, 9.17) is 43.6 Å². The van der Waals surface area contributed by atoms with Crippen LogP contribution >= 0.6 is 45.9 Å². The van der Waals surface area contributed by atoms with Crippen molar-refractivity contribution in [2.24, 2.45) is 0 Å². The highest BCUT2D eigenvalue weighted by atomic mass is 35.5. The first-order chi connectivity index (χ1) is 18.0. The number of benzene rings is 2. The normalized spacial score (nSPS) is 9.74. The summed E-state index contributed by atoms with van der Waals surface area (Å²) < 4.78 is 0. The van der Waals surface area contributed by atoms with Gasteiger partial charge in [0.2, 0.25) is 0 Å². The van der Waals surface area contributed by atoms with Crippen LogP contribution in [0, 0.1) is 27.7 Å². The van der Waals surface area contributed by atoms with E-state index < -0.39 is 0 Å². The van der Waals surface area contributed by atoms with Crippen LogP contribution in [0.15, 0.2) is 71.4 Å². The van der Waals surface area contributed by atoms with Gasteiger partial charge in [0, 0.05) is 9.75 Å². The number of rotatable bonds is 1. The minimum absolute atomic E-state index is 0.00231. The SMILES string of the molecule is Cc1nc(C)c(C)nc1C.Oc1cccc(O)c1Cl.Oc1cccc(O)c1Cl.c1csc(-c2cccs2)c1. The van der Waals surface area contributed by atoms with Gasteiger partial charge in [-0.25, -0.2) is 0 Å². The summed E-state index contributed by atoms with van der Waals surface area (Å²) in [6.45, 7) is 7.92. The molecule has 0 amide bonds. The van der Waals surface area contributed by atoms with E-state index in [1.165, 1.54) is 46.2 Å². The number of aromatic hydroxyl groups is 4. The monoisotopic (exact) mass is 590 g/mol. The molecule has 3 aromatic heterocycles. The van der Waals surface area contributed by atoms with Gasteiger partial charge in [0.05, 0.1) is 22.8 Å². The molecule has 0 aliphatic rings. The van der Waals surface area contributed by atoms with Crippen molar-refractivity contribution < 1.29 is 20.4 Å². The Bertz CT molecular complexity index is 1260. The molecular weight excluding hydrogens is 563 g/mol. The van der Waals surface area contributed by atoms with Crippen LogP contribution in [0.5, 0.6) is 23.0 Å². The highest BCUT2D eigenvalue weighted by molar-refractivity contribution is 7.20. The second kappa shape index (κ2) is 15.2. The van der Waals surface area contributed by atoms with E-state index in [1.54, 1.807) is 22.7 Å². The fraction of sp³-hybridized carbons (Fsp3) is 0.143. The first-order valence-corrected chi connectivity index (χ1v) is 13.7. The van der Waals surface area contributed by atoms with Gasteiger partial charge in [-0.2, -0.15) is 0 Å². The number of aromatic nitrogens is 2. The first kappa shape index (κ1) is 30.9. The van der Waals surface area contributed by atoms with Crippen LogP contribution in [0.4, 0.5) is 0 Å². The zero-order chi connectivity index (χ0) is 28.2. The molecule has 10 heteroatoms. The van der Waals surface area contributed by atoms with Gasteiger partial charge in [0.1, 0.15) is 33.0 Å². The smallest absolute Gasteiger partial charge is 0.137 e. The summed E-state index contributed by atoms with van der Waals surface area (Å²) in [5.74, 6) is -0.401. The number of halogens is 2. The standard InChI is InChI=1S/C8H12N2.C8H6S2.2C6H5ClO2/c1-5-6(2)10-8(4)7(3)9-5;1-3-7(9-5-1)8-4-2-6-10-8;2*7-6-4(8)2-1-3-5(6)9/h1-4H3;1-6H;2*1-3,8-9H. The summed E-state index contributed by atoms with van der Waals surface area (Å²) in [5.41, 5.74) is 4.12. The minimum Gasteiger partial charge on any atom is -0.506 e. The second-order valence-corrected chi connectivity index (χ2v) is 10.4. The molecule has 0 aliphatic heterocycles. The number of phenolic OH excluding ortho intramolecular Hbond substituents is 4. The van der Waals surface area contributed by atoms with Crippen molar-refractivity contribution >= 4 is 45.9 Å². The first-order valence-electron chi connectivity index (χ1n) is 11.2. The van der Waals surface area contributed by atoms with E-state index in [0.29, 0.717) is 0 Å². The van der Waals surface area contributed by atoms with Crippen molar-refractivity contribution in [3.8, 4) is 32.8 Å². The molecule has 0 saturated carbocycles. The average Bonchev–Trinajstić information content (AvgIpc) is 3.60. The predicted octanol–water partition coefficient (Wildman–Crippen LogP) is 8.69. The fourth-order valence-corrected chi connectivity index (χ4v) is 4.51. The van der Waals surface area contributed by atoms with Gasteiger partial charge in [0.15, 0.2) is 0 Å². The van der Waals surface area contributed by atoms with E-state index in [-0.39, 0.29) is 33.0 Å². The maximum atomic E-state index is 8.81. The molecule has 2 aromatic carbocycles. The summed E-state index contributed by atoms with van der Waals surface area (Å²) in [7, 11) is 0. The third kappa shape index (κ3) is 9.54. The highest BCUT2D eigenvalue weighted by Crippen LogP contribution is 2.32. The zero-order valence-corrected chi connectivity index (χ0v) is 24.3. The van der Waals surface area contributed by atoms with Crippen LogP contribution in [-0.4, -0.2) is 30.4 Å². The molecule has 5 rings (SSSR count). The Morgan fingerprint density at radius 1 is 0.500 bits per heavy atom. The number of hydrogen-bond donors (Lipinski definition) is 4. The average molecular weight is 592 g/mol. The van der Waals surface area contributed by atoms with E-state index >= 15 is 0 Å². The van der Waals surface area contributed by atoms with Crippen molar-refractivity contribution in [2.45, 2.75) is 27.7 Å². The maximum absolute atomic E-state index is 8.81. The lowest BCUT2D eigenvalue weighted by Gasteiger charge is -2.01. The van der Waals surface area contributed by atoms with Gasteiger partial charge >= 0.3 is 0 Å². The van der Waals surface area contributed by atoms with Crippen molar-refractivity contribution in [1.29, 1.82) is 0 Å². The molecule has 0 fully saturated rings. The van der Waals surface area contributed by atoms with Gasteiger partial charge in [-0.15, -0.1) is 22.7 Å². The van der Waals surface area contributed by atoms with E-state index in [2.05, 4.69) is 45.0 Å². The molecule has 0 saturated heterocycles. The molecule has 200 valence electrons. The number of phenols is 4. The summed E-state index contributed by atoms with van der Waals surface area (Å²) in [4.78, 5) is 11.4. The minimum atomic E-state index is -0.100. The summed E-state index contributed by atoms with van der Waals surface area (Å²) >= 11 is 14.3. The largest absolute Gasteiger partial charge is 0.506 e. The Balaban J connectivity index is 0.000000178. The number of hydrogen-bond acceptors (Lipinski definition) is 8. The molecule has 5 aromatic rings. The number of thiophene rings is 2. The van der Waals surface area contributed by atoms with Crippen molar-refractivity contribution in [3.63, 3.8) is 0 Å². The van der Waals surface area contributed by atoms with Crippen LogP contribution in [0.3, 0.4) is 0 Å². The summed E-state index contributed by atoms with van der Waals surface area (Å²) in [6, 6.07) is 17.1. The number of aryl methyl sites for hydroxylation is 4. The van der Waals surface area contributed by atoms with Crippen LogP contribution in [0.2, 0.25) is 10.0 Å². The molecular formula is C28H28Cl2N2O4S2. The zero-order valence-electron chi connectivity index (χ0n) is 21.2. The lowest BCUT2D eigenvalue weighted by Crippen LogP contribution is -1.97. The van der Waals surface area contributed by atoms with E-state index in [0.717, 1.165) is 22.8 Å². The van der Waals surface area contributed by atoms with Gasteiger partial charge in [-0.05, 0) is 74.9 Å². The second-order valence-electron chi connectivity index (χ2n) is 7.74. The summed E-state index contributed by atoms with van der Waals surface area (Å²) in [6.07, 6.45) is 0. The third-order valence-corrected chi connectivity index (χ3v) is 7.63. The van der Waals surface area contributed by atoms with Crippen LogP contribution < -0.4 is 0 Å². The predicted molar refractivity (Wildman–Crippen MR) is 158 cm³/mol. The van der Waals surface area contributed by atoms with Gasteiger partial charge < -0.3 is 20.4 Å². The molecule has 0 unspecified atom stereocenters. The Labute approximate surface area is 240 Å². The molecule has 0 radical (unpaired) electrons. The third-order valence-electron chi connectivity index (χ3n) is 4.92. The Kier molecular flexibility index (Phi) is 12.4.